The van der Waals surface area contributed by atoms with Crippen molar-refractivity contribution in [1.29, 1.82) is 0 Å². The molecule has 2 aromatic rings. The van der Waals surface area contributed by atoms with Gasteiger partial charge in [-0.2, -0.15) is 0 Å². The van der Waals surface area contributed by atoms with Crippen molar-refractivity contribution in [3.05, 3.63) is 71.3 Å². The standard InChI is InChI=1S/C27H31F2N3O4/c1-16(30-23(33)14-17-12-19(28)15-20(29)13-17)26(34)31-24-25(18-8-4-3-5-9-18)36-22-11-7-6-10-21(22)32(2)27(24)35/h3-5,8-9,12-13,15-16,21-22,24-25H,6-7,10-11,14H2,1-2H3,(H,30,33)(H,31,34)/t16-,21-,22-,24-,25+/m0/s1. The van der Waals surface area contributed by atoms with E-state index in [9.17, 15) is 23.2 Å². The minimum Gasteiger partial charge on any atom is -0.365 e. The predicted octanol–water partition coefficient (Wildman–Crippen LogP) is 3.04. The Bertz CT molecular complexity index is 1090. The highest BCUT2D eigenvalue weighted by molar-refractivity contribution is 5.92. The lowest BCUT2D eigenvalue weighted by Crippen LogP contribution is -2.55. The largest absolute Gasteiger partial charge is 0.365 e. The molecule has 4 rings (SSSR count). The van der Waals surface area contributed by atoms with Crippen LogP contribution in [0.1, 0.15) is 49.8 Å². The Hall–Kier alpha value is -3.33. The van der Waals surface area contributed by atoms with Gasteiger partial charge >= 0.3 is 0 Å². The molecule has 1 aliphatic carbocycles. The zero-order chi connectivity index (χ0) is 25.8. The van der Waals surface area contributed by atoms with E-state index in [1.54, 1.807) is 11.9 Å². The number of ether oxygens (including phenoxy) is 1. The van der Waals surface area contributed by atoms with E-state index in [2.05, 4.69) is 10.6 Å². The third-order valence-corrected chi connectivity index (χ3v) is 6.89. The second-order valence-electron chi connectivity index (χ2n) is 9.54. The van der Waals surface area contributed by atoms with Crippen molar-refractivity contribution < 1.29 is 27.9 Å². The first-order valence-electron chi connectivity index (χ1n) is 12.2. The Balaban J connectivity index is 1.49. The Kier molecular flexibility index (Phi) is 7.98. The van der Waals surface area contributed by atoms with E-state index in [4.69, 9.17) is 4.74 Å². The zero-order valence-electron chi connectivity index (χ0n) is 20.4. The lowest BCUT2D eigenvalue weighted by molar-refractivity contribution is -0.138. The summed E-state index contributed by atoms with van der Waals surface area (Å²) in [7, 11) is 1.74. The van der Waals surface area contributed by atoms with Crippen LogP contribution < -0.4 is 10.6 Å². The maximum atomic E-state index is 13.5. The predicted molar refractivity (Wildman–Crippen MR) is 129 cm³/mol. The fourth-order valence-electron chi connectivity index (χ4n) is 5.04. The molecule has 9 heteroatoms. The van der Waals surface area contributed by atoms with Crippen LogP contribution in [0.5, 0.6) is 0 Å². The van der Waals surface area contributed by atoms with E-state index in [1.165, 1.54) is 6.92 Å². The molecule has 36 heavy (non-hydrogen) atoms. The van der Waals surface area contributed by atoms with E-state index in [0.29, 0.717) is 0 Å². The number of likely N-dealkylation sites (N-methyl/N-ethyl adjacent to an activating group) is 1. The van der Waals surface area contributed by atoms with Gasteiger partial charge in [0.25, 0.3) is 0 Å². The maximum Gasteiger partial charge on any atom is 0.248 e. The van der Waals surface area contributed by atoms with Crippen LogP contribution in [0.2, 0.25) is 0 Å². The first-order valence-corrected chi connectivity index (χ1v) is 12.2. The molecule has 7 nitrogen and oxygen atoms in total. The average molecular weight is 500 g/mol. The molecule has 1 aliphatic heterocycles. The quantitative estimate of drug-likeness (QED) is 0.640. The summed E-state index contributed by atoms with van der Waals surface area (Å²) in [6.07, 6.45) is 2.57. The summed E-state index contributed by atoms with van der Waals surface area (Å²) in [5.41, 5.74) is 0.930. The van der Waals surface area contributed by atoms with Crippen molar-refractivity contribution in [2.45, 2.75) is 69.4 Å². The molecule has 1 saturated heterocycles. The number of rotatable bonds is 6. The highest BCUT2D eigenvalue weighted by Gasteiger charge is 2.44. The number of nitrogens with zero attached hydrogens (tertiary/aromatic N) is 1. The molecule has 0 spiro atoms. The van der Waals surface area contributed by atoms with Crippen molar-refractivity contribution in [3.63, 3.8) is 0 Å². The van der Waals surface area contributed by atoms with Crippen molar-refractivity contribution in [1.82, 2.24) is 15.5 Å². The lowest BCUT2D eigenvalue weighted by Gasteiger charge is -2.35. The first kappa shape index (κ1) is 25.8. The van der Waals surface area contributed by atoms with Gasteiger partial charge in [0.2, 0.25) is 17.7 Å². The molecule has 2 fully saturated rings. The number of benzene rings is 2. The molecule has 192 valence electrons. The van der Waals surface area contributed by atoms with Crippen LogP contribution in [0, 0.1) is 11.6 Å². The summed E-state index contributed by atoms with van der Waals surface area (Å²) in [4.78, 5) is 40.7. The Labute approximate surface area is 209 Å². The van der Waals surface area contributed by atoms with Gasteiger partial charge in [-0.3, -0.25) is 14.4 Å². The van der Waals surface area contributed by atoms with E-state index in [0.717, 1.165) is 49.4 Å². The molecule has 1 heterocycles. The summed E-state index contributed by atoms with van der Waals surface area (Å²) in [5, 5.41) is 5.34. The molecule has 3 amide bonds. The molecule has 2 aliphatic rings. The van der Waals surface area contributed by atoms with Crippen LogP contribution in [0.25, 0.3) is 0 Å². The molecule has 0 unspecified atom stereocenters. The number of halogens is 2. The third-order valence-electron chi connectivity index (χ3n) is 6.89. The van der Waals surface area contributed by atoms with Crippen molar-refractivity contribution >= 4 is 17.7 Å². The number of carbonyl (C=O) groups excluding carboxylic acids is 3. The summed E-state index contributed by atoms with van der Waals surface area (Å²) < 4.78 is 33.4. The number of carbonyl (C=O) groups is 3. The van der Waals surface area contributed by atoms with E-state index in [1.807, 2.05) is 30.3 Å². The van der Waals surface area contributed by atoms with Gasteiger partial charge in [0.15, 0.2) is 0 Å². The summed E-state index contributed by atoms with van der Waals surface area (Å²) in [6, 6.07) is 10.1. The summed E-state index contributed by atoms with van der Waals surface area (Å²) >= 11 is 0. The highest BCUT2D eigenvalue weighted by atomic mass is 19.1. The number of hydrogen-bond donors (Lipinski definition) is 2. The Morgan fingerprint density at radius 2 is 1.75 bits per heavy atom. The van der Waals surface area contributed by atoms with Crippen LogP contribution in [-0.2, 0) is 25.5 Å². The van der Waals surface area contributed by atoms with Crippen LogP contribution in [0.4, 0.5) is 8.78 Å². The first-order chi connectivity index (χ1) is 17.2. The van der Waals surface area contributed by atoms with Gasteiger partial charge in [0.1, 0.15) is 29.8 Å². The molecule has 5 atom stereocenters. The molecule has 2 aromatic carbocycles. The molecule has 0 aromatic heterocycles. The second-order valence-corrected chi connectivity index (χ2v) is 9.54. The number of nitrogens with one attached hydrogen (secondary N) is 2. The van der Waals surface area contributed by atoms with Crippen LogP contribution in [0.3, 0.4) is 0 Å². The average Bonchev–Trinajstić information content (AvgIpc) is 2.94. The SMILES string of the molecule is C[C@H](NC(=O)Cc1cc(F)cc(F)c1)C(=O)N[C@@H]1C(=O)N(C)[C@H]2CCCC[C@@H]2O[C@@H]1c1ccccc1. The summed E-state index contributed by atoms with van der Waals surface area (Å²) in [5.74, 6) is -2.96. The van der Waals surface area contributed by atoms with Crippen LogP contribution in [-0.4, -0.2) is 53.9 Å². The topological polar surface area (TPSA) is 87.7 Å². The van der Waals surface area contributed by atoms with Gasteiger partial charge in [0.05, 0.1) is 18.6 Å². The van der Waals surface area contributed by atoms with Gasteiger partial charge < -0.3 is 20.3 Å². The van der Waals surface area contributed by atoms with Gasteiger partial charge in [-0.25, -0.2) is 8.78 Å². The Morgan fingerprint density at radius 1 is 1.08 bits per heavy atom. The fraction of sp³-hybridized carbons (Fsp3) is 0.444. The van der Waals surface area contributed by atoms with E-state index < -0.39 is 41.6 Å². The number of fused-ring (bicyclic) bond motifs is 1. The van der Waals surface area contributed by atoms with Crippen molar-refractivity contribution in [3.8, 4) is 0 Å². The zero-order valence-corrected chi connectivity index (χ0v) is 20.4. The van der Waals surface area contributed by atoms with Crippen LogP contribution in [0.15, 0.2) is 48.5 Å². The van der Waals surface area contributed by atoms with Crippen LogP contribution >= 0.6 is 0 Å². The molecular formula is C27H31F2N3O4. The smallest absolute Gasteiger partial charge is 0.248 e. The molecule has 1 saturated carbocycles. The van der Waals surface area contributed by atoms with Gasteiger partial charge in [0, 0.05) is 13.1 Å². The molecular weight excluding hydrogens is 468 g/mol. The molecule has 2 N–H and O–H groups in total. The lowest BCUT2D eigenvalue weighted by atomic mass is 9.91. The minimum atomic E-state index is -0.990. The number of amides is 3. The monoisotopic (exact) mass is 499 g/mol. The fourth-order valence-corrected chi connectivity index (χ4v) is 5.04. The normalized spacial score (nSPS) is 24.9. The summed E-state index contributed by atoms with van der Waals surface area (Å²) in [6.45, 7) is 1.49. The minimum absolute atomic E-state index is 0.0665. The van der Waals surface area contributed by atoms with E-state index >= 15 is 0 Å². The van der Waals surface area contributed by atoms with Gasteiger partial charge in [-0.15, -0.1) is 0 Å². The van der Waals surface area contributed by atoms with Crippen molar-refractivity contribution in [2.75, 3.05) is 7.05 Å². The van der Waals surface area contributed by atoms with Gasteiger partial charge in [-0.1, -0.05) is 43.2 Å². The number of hydrogen-bond acceptors (Lipinski definition) is 4. The third kappa shape index (κ3) is 5.90. The molecule has 0 bridgehead atoms. The Morgan fingerprint density at radius 3 is 2.44 bits per heavy atom. The van der Waals surface area contributed by atoms with Gasteiger partial charge in [-0.05, 0) is 43.0 Å². The maximum absolute atomic E-state index is 13.5. The van der Waals surface area contributed by atoms with Crippen molar-refractivity contribution in [2.24, 2.45) is 0 Å². The highest BCUT2D eigenvalue weighted by Crippen LogP contribution is 2.35. The molecule has 0 radical (unpaired) electrons. The second kappa shape index (κ2) is 11.2. The van der Waals surface area contributed by atoms with E-state index in [-0.39, 0.29) is 30.0 Å².